The number of hydrogen-bond donors (Lipinski definition) is 1. The Morgan fingerprint density at radius 3 is 2.71 bits per heavy atom. The molecular formula is C10H16O4. The highest BCUT2D eigenvalue weighted by Crippen LogP contribution is 2.38. The van der Waals surface area contributed by atoms with Crippen LogP contribution >= 0.6 is 0 Å². The summed E-state index contributed by atoms with van der Waals surface area (Å²) in [5.41, 5.74) is 0. The first-order chi connectivity index (χ1) is 6.53. The zero-order valence-corrected chi connectivity index (χ0v) is 8.47. The maximum absolute atomic E-state index is 9.84. The SMILES string of the molecule is C=CC[C@H]1OC2OC(C)(C)OC2[C@H]1O. The Labute approximate surface area is 83.5 Å². The predicted octanol–water partition coefficient (Wildman–Crippen LogP) is 0.800. The lowest BCUT2D eigenvalue weighted by molar-refractivity contribution is -0.214. The van der Waals surface area contributed by atoms with E-state index in [1.165, 1.54) is 0 Å². The first-order valence-electron chi connectivity index (χ1n) is 4.83. The zero-order valence-electron chi connectivity index (χ0n) is 8.47. The second kappa shape index (κ2) is 3.31. The van der Waals surface area contributed by atoms with E-state index in [0.717, 1.165) is 0 Å². The molecule has 2 aliphatic rings. The Morgan fingerprint density at radius 2 is 2.14 bits per heavy atom. The molecule has 0 aromatic heterocycles. The van der Waals surface area contributed by atoms with Crippen molar-refractivity contribution in [3.8, 4) is 0 Å². The molecule has 1 N–H and O–H groups in total. The summed E-state index contributed by atoms with van der Waals surface area (Å²) in [6.45, 7) is 7.23. The number of rotatable bonds is 2. The number of aliphatic hydroxyl groups excluding tert-OH is 1. The van der Waals surface area contributed by atoms with Crippen molar-refractivity contribution in [1.82, 2.24) is 0 Å². The first-order valence-corrected chi connectivity index (χ1v) is 4.83. The van der Waals surface area contributed by atoms with Crippen molar-refractivity contribution in [2.75, 3.05) is 0 Å². The monoisotopic (exact) mass is 200 g/mol. The molecule has 0 saturated carbocycles. The van der Waals surface area contributed by atoms with Crippen LogP contribution < -0.4 is 0 Å². The highest BCUT2D eigenvalue weighted by Gasteiger charge is 2.53. The average Bonchev–Trinajstić information content (AvgIpc) is 2.50. The summed E-state index contributed by atoms with van der Waals surface area (Å²) in [5.74, 6) is -0.657. The van der Waals surface area contributed by atoms with Crippen LogP contribution in [0.3, 0.4) is 0 Å². The van der Waals surface area contributed by atoms with Gasteiger partial charge in [-0.05, 0) is 20.3 Å². The molecule has 2 fully saturated rings. The van der Waals surface area contributed by atoms with Gasteiger partial charge in [-0.1, -0.05) is 6.08 Å². The smallest absolute Gasteiger partial charge is 0.190 e. The largest absolute Gasteiger partial charge is 0.387 e. The Kier molecular flexibility index (Phi) is 2.39. The van der Waals surface area contributed by atoms with Crippen molar-refractivity contribution in [2.24, 2.45) is 0 Å². The van der Waals surface area contributed by atoms with E-state index in [9.17, 15) is 5.11 Å². The molecule has 0 spiro atoms. The molecule has 0 amide bonds. The van der Waals surface area contributed by atoms with Crippen LogP contribution in [-0.2, 0) is 14.2 Å². The summed E-state index contributed by atoms with van der Waals surface area (Å²) < 4.78 is 16.5. The zero-order chi connectivity index (χ0) is 10.3. The third-order valence-electron chi connectivity index (χ3n) is 2.51. The molecular weight excluding hydrogens is 184 g/mol. The van der Waals surface area contributed by atoms with Gasteiger partial charge in [0.15, 0.2) is 12.1 Å². The van der Waals surface area contributed by atoms with Crippen molar-refractivity contribution in [3.63, 3.8) is 0 Å². The molecule has 2 saturated heterocycles. The van der Waals surface area contributed by atoms with E-state index in [2.05, 4.69) is 6.58 Å². The van der Waals surface area contributed by atoms with Gasteiger partial charge in [0.2, 0.25) is 0 Å². The number of ether oxygens (including phenoxy) is 3. The Bertz CT molecular complexity index is 238. The fourth-order valence-corrected chi connectivity index (χ4v) is 1.92. The summed E-state index contributed by atoms with van der Waals surface area (Å²) in [4.78, 5) is 0. The second-order valence-corrected chi connectivity index (χ2v) is 4.16. The maximum Gasteiger partial charge on any atom is 0.190 e. The lowest BCUT2D eigenvalue weighted by atomic mass is 10.1. The molecule has 4 heteroatoms. The quantitative estimate of drug-likeness (QED) is 0.670. The van der Waals surface area contributed by atoms with Gasteiger partial charge in [0.25, 0.3) is 0 Å². The number of aliphatic hydroxyl groups is 1. The Hall–Kier alpha value is -0.420. The minimum atomic E-state index is -0.657. The third kappa shape index (κ3) is 1.59. The minimum absolute atomic E-state index is 0.251. The van der Waals surface area contributed by atoms with E-state index in [-0.39, 0.29) is 12.2 Å². The normalized spacial score (nSPS) is 45.1. The van der Waals surface area contributed by atoms with E-state index in [1.807, 2.05) is 13.8 Å². The summed E-state index contributed by atoms with van der Waals surface area (Å²) in [7, 11) is 0. The number of fused-ring (bicyclic) bond motifs is 1. The van der Waals surface area contributed by atoms with Crippen LogP contribution in [0.1, 0.15) is 20.3 Å². The summed E-state index contributed by atoms with van der Waals surface area (Å²) in [6, 6.07) is 0. The molecule has 2 heterocycles. The van der Waals surface area contributed by atoms with E-state index < -0.39 is 18.2 Å². The first kappa shape index (κ1) is 10.1. The molecule has 0 aliphatic carbocycles. The van der Waals surface area contributed by atoms with E-state index in [4.69, 9.17) is 14.2 Å². The molecule has 0 aromatic rings. The van der Waals surface area contributed by atoms with Crippen molar-refractivity contribution in [3.05, 3.63) is 12.7 Å². The van der Waals surface area contributed by atoms with Crippen LogP contribution in [0.2, 0.25) is 0 Å². The average molecular weight is 200 g/mol. The summed E-state index contributed by atoms with van der Waals surface area (Å²) >= 11 is 0. The van der Waals surface area contributed by atoms with E-state index >= 15 is 0 Å². The standard InChI is InChI=1S/C10H16O4/c1-4-5-6-7(11)8-9(12-6)14-10(2,3)13-8/h4,6-9,11H,1,5H2,2-3H3/t6-,7+,8?,9?/m1/s1. The van der Waals surface area contributed by atoms with Crippen LogP contribution in [0.5, 0.6) is 0 Å². The molecule has 14 heavy (non-hydrogen) atoms. The second-order valence-electron chi connectivity index (χ2n) is 4.16. The maximum atomic E-state index is 9.84. The van der Waals surface area contributed by atoms with Gasteiger partial charge in [-0.2, -0.15) is 0 Å². The molecule has 0 radical (unpaired) electrons. The minimum Gasteiger partial charge on any atom is -0.387 e. The predicted molar refractivity (Wildman–Crippen MR) is 49.5 cm³/mol. The van der Waals surface area contributed by atoms with Crippen molar-refractivity contribution >= 4 is 0 Å². The summed E-state index contributed by atoms with van der Waals surface area (Å²) in [5, 5.41) is 9.84. The van der Waals surface area contributed by atoms with Crippen molar-refractivity contribution in [1.29, 1.82) is 0 Å². The van der Waals surface area contributed by atoms with E-state index in [0.29, 0.717) is 6.42 Å². The lowest BCUT2D eigenvalue weighted by Crippen LogP contribution is -2.34. The van der Waals surface area contributed by atoms with Crippen LogP contribution in [-0.4, -0.2) is 35.5 Å². The molecule has 0 bridgehead atoms. The van der Waals surface area contributed by atoms with Crippen LogP contribution in [0.15, 0.2) is 12.7 Å². The van der Waals surface area contributed by atoms with Gasteiger partial charge < -0.3 is 19.3 Å². The van der Waals surface area contributed by atoms with Gasteiger partial charge >= 0.3 is 0 Å². The highest BCUT2D eigenvalue weighted by atomic mass is 16.8. The van der Waals surface area contributed by atoms with Crippen LogP contribution in [0.25, 0.3) is 0 Å². The van der Waals surface area contributed by atoms with Crippen LogP contribution in [0.4, 0.5) is 0 Å². The fraction of sp³-hybridized carbons (Fsp3) is 0.800. The van der Waals surface area contributed by atoms with Gasteiger partial charge in [-0.25, -0.2) is 0 Å². The molecule has 2 aliphatic heterocycles. The highest BCUT2D eigenvalue weighted by molar-refractivity contribution is 4.95. The van der Waals surface area contributed by atoms with Gasteiger partial charge in [0.1, 0.15) is 12.2 Å². The molecule has 4 atom stereocenters. The molecule has 0 aromatic carbocycles. The molecule has 80 valence electrons. The number of hydrogen-bond acceptors (Lipinski definition) is 4. The van der Waals surface area contributed by atoms with Gasteiger partial charge in [-0.15, -0.1) is 6.58 Å². The van der Waals surface area contributed by atoms with Crippen LogP contribution in [0, 0.1) is 0 Å². The third-order valence-corrected chi connectivity index (χ3v) is 2.51. The summed E-state index contributed by atoms with van der Waals surface area (Å²) in [6.07, 6.45) is 0.653. The van der Waals surface area contributed by atoms with Gasteiger partial charge in [-0.3, -0.25) is 0 Å². The van der Waals surface area contributed by atoms with Crippen molar-refractivity contribution in [2.45, 2.75) is 50.7 Å². The van der Waals surface area contributed by atoms with Gasteiger partial charge in [0.05, 0.1) is 6.10 Å². The van der Waals surface area contributed by atoms with E-state index in [1.54, 1.807) is 6.08 Å². The fourth-order valence-electron chi connectivity index (χ4n) is 1.92. The lowest BCUT2D eigenvalue weighted by Gasteiger charge is -2.22. The molecule has 4 nitrogen and oxygen atoms in total. The van der Waals surface area contributed by atoms with Gasteiger partial charge in [0, 0.05) is 0 Å². The Balaban J connectivity index is 2.04. The Morgan fingerprint density at radius 1 is 1.43 bits per heavy atom. The van der Waals surface area contributed by atoms with Crippen molar-refractivity contribution < 1.29 is 19.3 Å². The topological polar surface area (TPSA) is 47.9 Å². The molecule has 2 rings (SSSR count). The molecule has 2 unspecified atom stereocenters.